The summed E-state index contributed by atoms with van der Waals surface area (Å²) in [6.45, 7) is 2.23. The minimum Gasteiger partial charge on any atom is -0.325 e. The number of rotatable bonds is 3. The Labute approximate surface area is 200 Å². The summed E-state index contributed by atoms with van der Waals surface area (Å²) in [7, 11) is 0. The van der Waals surface area contributed by atoms with Crippen molar-refractivity contribution in [3.63, 3.8) is 0 Å². The van der Waals surface area contributed by atoms with E-state index in [0.717, 1.165) is 59.2 Å². The lowest BCUT2D eigenvalue weighted by Crippen LogP contribution is -2.44. The lowest BCUT2D eigenvalue weighted by molar-refractivity contribution is -0.121. The molecular formula is C26H22N8O. The molecule has 9 nitrogen and oxygen atoms in total. The first-order valence-corrected chi connectivity index (χ1v) is 11.8. The number of carbonyl (C=O) groups excluding carboxylic acids is 1. The fourth-order valence-electron chi connectivity index (χ4n) is 5.33. The summed E-state index contributed by atoms with van der Waals surface area (Å²) in [6, 6.07) is 16.2. The van der Waals surface area contributed by atoms with Crippen LogP contribution in [0.4, 0.5) is 5.69 Å². The van der Waals surface area contributed by atoms with Crippen molar-refractivity contribution in [3.8, 4) is 11.4 Å². The number of carbonyl (C=O) groups is 1. The van der Waals surface area contributed by atoms with Crippen molar-refractivity contribution < 1.29 is 4.79 Å². The number of piperidine rings is 1. The summed E-state index contributed by atoms with van der Waals surface area (Å²) in [6.07, 6.45) is 5.11. The van der Waals surface area contributed by atoms with Crippen LogP contribution in [0.3, 0.4) is 0 Å². The van der Waals surface area contributed by atoms with Gasteiger partial charge in [0.2, 0.25) is 5.91 Å². The second-order valence-corrected chi connectivity index (χ2v) is 9.23. The lowest BCUT2D eigenvalue weighted by Gasteiger charge is -2.31. The van der Waals surface area contributed by atoms with Crippen LogP contribution in [0.25, 0.3) is 33.5 Å². The van der Waals surface area contributed by atoms with Crippen molar-refractivity contribution in [2.75, 3.05) is 18.4 Å². The van der Waals surface area contributed by atoms with E-state index in [-0.39, 0.29) is 5.91 Å². The third kappa shape index (κ3) is 3.19. The molecule has 172 valence electrons. The second-order valence-electron chi connectivity index (χ2n) is 9.23. The number of hydrogen-bond donors (Lipinski definition) is 2. The highest BCUT2D eigenvalue weighted by Gasteiger charge is 2.47. The van der Waals surface area contributed by atoms with Gasteiger partial charge in [-0.3, -0.25) is 9.78 Å². The number of fused-ring (bicyclic) bond motifs is 4. The molecule has 0 aliphatic carbocycles. The van der Waals surface area contributed by atoms with Gasteiger partial charge in [-0.1, -0.05) is 29.5 Å². The Morgan fingerprint density at radius 2 is 1.91 bits per heavy atom. The standard InChI is InChI=1S/C26H22N8O/c35-25-26(7-10-27-11-8-26)19-5-4-18(13-21(19)30-25)23-29-14-22-24(31-23)34(33-32-22)15-16-3-6-20-17(12-16)2-1-9-28-20/h1-6,9,12-14,27H,7-8,10-11,15H2,(H,30,35). The summed E-state index contributed by atoms with van der Waals surface area (Å²) < 4.78 is 1.79. The quantitative estimate of drug-likeness (QED) is 0.424. The number of nitrogens with zero attached hydrogens (tertiary/aromatic N) is 6. The Morgan fingerprint density at radius 1 is 1.00 bits per heavy atom. The van der Waals surface area contributed by atoms with Gasteiger partial charge in [-0.2, -0.15) is 0 Å². The molecule has 2 N–H and O–H groups in total. The van der Waals surface area contributed by atoms with Gasteiger partial charge in [0.1, 0.15) is 0 Å². The van der Waals surface area contributed by atoms with Crippen LogP contribution in [0.2, 0.25) is 0 Å². The number of nitrogens with one attached hydrogen (secondary N) is 2. The molecule has 35 heavy (non-hydrogen) atoms. The van der Waals surface area contributed by atoms with Crippen molar-refractivity contribution >= 4 is 33.7 Å². The topological polar surface area (TPSA) is 111 Å². The molecule has 5 heterocycles. The maximum Gasteiger partial charge on any atom is 0.235 e. The van der Waals surface area contributed by atoms with Gasteiger partial charge in [0.05, 0.1) is 23.7 Å². The maximum absolute atomic E-state index is 12.9. The van der Waals surface area contributed by atoms with Gasteiger partial charge in [0.15, 0.2) is 17.0 Å². The van der Waals surface area contributed by atoms with Crippen LogP contribution < -0.4 is 10.6 Å². The molecule has 5 aromatic rings. The largest absolute Gasteiger partial charge is 0.325 e. The molecule has 0 bridgehead atoms. The van der Waals surface area contributed by atoms with Gasteiger partial charge >= 0.3 is 0 Å². The normalized spacial score (nSPS) is 16.6. The number of amides is 1. The van der Waals surface area contributed by atoms with Gasteiger partial charge in [-0.05, 0) is 61.3 Å². The molecule has 1 saturated heterocycles. The summed E-state index contributed by atoms with van der Waals surface area (Å²) >= 11 is 0. The molecule has 2 aliphatic rings. The van der Waals surface area contributed by atoms with E-state index >= 15 is 0 Å². The molecule has 0 unspecified atom stereocenters. The van der Waals surface area contributed by atoms with Crippen LogP contribution in [0.15, 0.2) is 60.9 Å². The van der Waals surface area contributed by atoms with Crippen LogP contribution in [0.5, 0.6) is 0 Å². The van der Waals surface area contributed by atoms with Crippen LogP contribution >= 0.6 is 0 Å². The van der Waals surface area contributed by atoms with Crippen molar-refractivity contribution in [3.05, 3.63) is 72.1 Å². The molecular weight excluding hydrogens is 440 g/mol. The molecule has 1 amide bonds. The Kier molecular flexibility index (Phi) is 4.40. The molecule has 0 saturated carbocycles. The highest BCUT2D eigenvalue weighted by molar-refractivity contribution is 6.07. The van der Waals surface area contributed by atoms with E-state index in [1.165, 1.54) is 0 Å². The first-order valence-electron chi connectivity index (χ1n) is 11.8. The molecule has 1 spiro atoms. The number of aromatic nitrogens is 6. The van der Waals surface area contributed by atoms with Crippen molar-refractivity contribution in [1.29, 1.82) is 0 Å². The minimum atomic E-state index is -0.429. The smallest absolute Gasteiger partial charge is 0.235 e. The average Bonchev–Trinajstić information content (AvgIpc) is 3.42. The van der Waals surface area contributed by atoms with Gasteiger partial charge < -0.3 is 10.6 Å². The third-order valence-electron chi connectivity index (χ3n) is 7.19. The molecule has 1 fully saturated rings. The van der Waals surface area contributed by atoms with E-state index in [1.54, 1.807) is 17.1 Å². The van der Waals surface area contributed by atoms with Crippen molar-refractivity contribution in [1.82, 2.24) is 35.3 Å². The van der Waals surface area contributed by atoms with Crippen LogP contribution in [-0.2, 0) is 16.8 Å². The number of hydrogen-bond acceptors (Lipinski definition) is 7. The summed E-state index contributed by atoms with van der Waals surface area (Å²) in [5.74, 6) is 0.669. The molecule has 0 radical (unpaired) electrons. The van der Waals surface area contributed by atoms with E-state index in [0.29, 0.717) is 23.5 Å². The first-order chi connectivity index (χ1) is 17.2. The Bertz CT molecular complexity index is 1620. The number of anilines is 1. The third-order valence-corrected chi connectivity index (χ3v) is 7.19. The van der Waals surface area contributed by atoms with Gasteiger partial charge in [-0.15, -0.1) is 5.10 Å². The molecule has 2 aromatic carbocycles. The van der Waals surface area contributed by atoms with Gasteiger partial charge in [0, 0.05) is 22.8 Å². The predicted molar refractivity (Wildman–Crippen MR) is 132 cm³/mol. The van der Waals surface area contributed by atoms with Gasteiger partial charge in [0.25, 0.3) is 0 Å². The fraction of sp³-hybridized carbons (Fsp3) is 0.231. The SMILES string of the molecule is O=C1Nc2cc(-c3ncc4nnn(Cc5ccc6ncccc6c5)c4n3)ccc2C12CCNCC2. The Morgan fingerprint density at radius 3 is 2.83 bits per heavy atom. The summed E-state index contributed by atoms with van der Waals surface area (Å²) in [4.78, 5) is 26.6. The van der Waals surface area contributed by atoms with E-state index < -0.39 is 5.41 Å². The maximum atomic E-state index is 12.9. The fourth-order valence-corrected chi connectivity index (χ4v) is 5.33. The van der Waals surface area contributed by atoms with E-state index in [2.05, 4.69) is 43.0 Å². The lowest BCUT2D eigenvalue weighted by atomic mass is 9.74. The van der Waals surface area contributed by atoms with E-state index in [9.17, 15) is 4.79 Å². The van der Waals surface area contributed by atoms with Crippen LogP contribution in [0.1, 0.15) is 24.0 Å². The molecule has 0 atom stereocenters. The second kappa shape index (κ2) is 7.64. The summed E-state index contributed by atoms with van der Waals surface area (Å²) in [5.41, 5.74) is 5.70. The van der Waals surface area contributed by atoms with E-state index in [4.69, 9.17) is 4.98 Å². The zero-order valence-electron chi connectivity index (χ0n) is 18.9. The first kappa shape index (κ1) is 20.2. The van der Waals surface area contributed by atoms with Crippen LogP contribution in [0, 0.1) is 0 Å². The average molecular weight is 463 g/mol. The molecule has 3 aromatic heterocycles. The molecule has 7 rings (SSSR count). The molecule has 2 aliphatic heterocycles. The van der Waals surface area contributed by atoms with Crippen molar-refractivity contribution in [2.45, 2.75) is 24.8 Å². The monoisotopic (exact) mass is 462 g/mol. The summed E-state index contributed by atoms with van der Waals surface area (Å²) in [5, 5.41) is 16.1. The number of benzene rings is 2. The Hall–Kier alpha value is -4.24. The van der Waals surface area contributed by atoms with Gasteiger partial charge in [-0.25, -0.2) is 14.6 Å². The highest BCUT2D eigenvalue weighted by Crippen LogP contribution is 2.44. The van der Waals surface area contributed by atoms with Crippen molar-refractivity contribution in [2.24, 2.45) is 0 Å². The van der Waals surface area contributed by atoms with Crippen LogP contribution in [-0.4, -0.2) is 48.9 Å². The highest BCUT2D eigenvalue weighted by atomic mass is 16.2. The Balaban J connectivity index is 1.24. The van der Waals surface area contributed by atoms with E-state index in [1.807, 2.05) is 36.4 Å². The molecule has 9 heteroatoms. The minimum absolute atomic E-state index is 0.0929. The predicted octanol–water partition coefficient (Wildman–Crippen LogP) is 3.06. The zero-order valence-corrected chi connectivity index (χ0v) is 18.9. The zero-order chi connectivity index (χ0) is 23.4. The number of pyridine rings is 1.